The highest BCUT2D eigenvalue weighted by molar-refractivity contribution is 5.96. The monoisotopic (exact) mass is 348 g/mol. The Bertz CT molecular complexity index is 524. The third kappa shape index (κ3) is 5.53. The summed E-state index contributed by atoms with van der Waals surface area (Å²) in [6.07, 6.45) is 7.52. The molecule has 1 N–H and O–H groups in total. The van der Waals surface area contributed by atoms with Gasteiger partial charge in [0, 0.05) is 5.69 Å². The number of carbonyl (C=O) groups is 1. The summed E-state index contributed by atoms with van der Waals surface area (Å²) in [5, 5.41) is 3.24. The maximum atomic E-state index is 13.0. The van der Waals surface area contributed by atoms with Gasteiger partial charge in [0.15, 0.2) is 0 Å². The van der Waals surface area contributed by atoms with E-state index in [1.165, 1.54) is 11.1 Å². The van der Waals surface area contributed by atoms with Gasteiger partial charge in [0.2, 0.25) is 5.91 Å². The summed E-state index contributed by atoms with van der Waals surface area (Å²) >= 11 is 0. The van der Waals surface area contributed by atoms with Crippen LogP contribution >= 0.6 is 0 Å². The summed E-state index contributed by atoms with van der Waals surface area (Å²) in [6, 6.07) is 6.23. The van der Waals surface area contributed by atoms with E-state index in [4.69, 9.17) is 0 Å². The molecule has 140 valence electrons. The summed E-state index contributed by atoms with van der Waals surface area (Å²) in [5.41, 5.74) is 3.43. The third-order valence-corrected chi connectivity index (χ3v) is 5.24. The van der Waals surface area contributed by atoms with E-state index in [9.17, 15) is 9.18 Å². The highest BCUT2D eigenvalue weighted by Gasteiger charge is 2.28. The van der Waals surface area contributed by atoms with Crippen molar-refractivity contribution < 1.29 is 9.18 Å². The fourth-order valence-electron chi connectivity index (χ4n) is 3.75. The summed E-state index contributed by atoms with van der Waals surface area (Å²) in [6.45, 7) is 5.89. The second kappa shape index (κ2) is 10.5. The van der Waals surface area contributed by atoms with Crippen LogP contribution in [0.2, 0.25) is 0 Å². The van der Waals surface area contributed by atoms with Crippen molar-refractivity contribution in [2.45, 2.75) is 71.3 Å². The van der Waals surface area contributed by atoms with Gasteiger partial charge < -0.3 is 5.32 Å². The summed E-state index contributed by atoms with van der Waals surface area (Å²) in [4.78, 5) is 15.3. The van der Waals surface area contributed by atoms with Crippen molar-refractivity contribution >= 4 is 11.6 Å². The van der Waals surface area contributed by atoms with Crippen molar-refractivity contribution in [1.29, 1.82) is 0 Å². The number of hydrogen-bond acceptors (Lipinski definition) is 2. The van der Waals surface area contributed by atoms with Gasteiger partial charge in [-0.2, -0.15) is 0 Å². The summed E-state index contributed by atoms with van der Waals surface area (Å²) in [5.74, 6) is 0.126. The number of piperidine rings is 1. The normalized spacial score (nSPS) is 18.3. The second-order valence-electron chi connectivity index (χ2n) is 6.94. The molecule has 1 aliphatic rings. The molecule has 0 radical (unpaired) electrons. The number of para-hydroxylation sites is 1. The van der Waals surface area contributed by atoms with Crippen molar-refractivity contribution in [2.24, 2.45) is 0 Å². The molecule has 0 saturated carbocycles. The second-order valence-corrected chi connectivity index (χ2v) is 6.94. The standard InChI is InChI=1S/C21H33FN2O/c1-3-17-11-10-12-18(4-2)20(17)23-21(25)19-13-6-9-16-24(19)15-8-5-7-14-22/h10-12,19H,3-9,13-16H2,1-2H3,(H,23,25)/t19-/m0/s1. The number of aryl methyl sites for hydroxylation is 2. The summed E-state index contributed by atoms with van der Waals surface area (Å²) in [7, 11) is 0. The molecular formula is C21H33FN2O. The van der Waals surface area contributed by atoms with Gasteiger partial charge in [-0.25, -0.2) is 0 Å². The van der Waals surface area contributed by atoms with Crippen LogP contribution in [0, 0.1) is 0 Å². The quantitative estimate of drug-likeness (QED) is 0.654. The van der Waals surface area contributed by atoms with Crippen molar-refractivity contribution in [3.8, 4) is 0 Å². The zero-order chi connectivity index (χ0) is 18.1. The molecular weight excluding hydrogens is 315 g/mol. The third-order valence-electron chi connectivity index (χ3n) is 5.24. The molecule has 1 aromatic rings. The SMILES string of the molecule is CCc1cccc(CC)c1NC(=O)[C@@H]1CCCCN1CCCCCF. The van der Waals surface area contributed by atoms with Crippen LogP contribution in [0.1, 0.15) is 63.5 Å². The lowest BCUT2D eigenvalue weighted by atomic mass is 9.99. The van der Waals surface area contributed by atoms with E-state index in [1.54, 1.807) is 0 Å². The van der Waals surface area contributed by atoms with Crippen LogP contribution in [0.15, 0.2) is 18.2 Å². The molecule has 1 aliphatic heterocycles. The Morgan fingerprint density at radius 2 is 1.88 bits per heavy atom. The number of hydrogen-bond donors (Lipinski definition) is 1. The maximum absolute atomic E-state index is 13.0. The molecule has 1 aromatic carbocycles. The predicted octanol–water partition coefficient (Wildman–Crippen LogP) is 4.74. The zero-order valence-electron chi connectivity index (χ0n) is 15.8. The van der Waals surface area contributed by atoms with Crippen LogP contribution in [-0.2, 0) is 17.6 Å². The van der Waals surface area contributed by atoms with Crippen LogP contribution in [0.25, 0.3) is 0 Å². The average molecular weight is 349 g/mol. The Labute approximate surface area is 152 Å². The topological polar surface area (TPSA) is 32.3 Å². The number of nitrogens with one attached hydrogen (secondary N) is 1. The largest absolute Gasteiger partial charge is 0.324 e. The molecule has 0 aliphatic carbocycles. The minimum atomic E-state index is -0.239. The first-order chi connectivity index (χ1) is 12.2. The fraction of sp³-hybridized carbons (Fsp3) is 0.667. The molecule has 1 heterocycles. The number of amides is 1. The molecule has 1 fully saturated rings. The first-order valence-electron chi connectivity index (χ1n) is 9.92. The van der Waals surface area contributed by atoms with Gasteiger partial charge in [-0.05, 0) is 69.2 Å². The number of benzene rings is 1. The van der Waals surface area contributed by atoms with Crippen LogP contribution in [0.4, 0.5) is 10.1 Å². The first kappa shape index (κ1) is 19.9. The fourth-order valence-corrected chi connectivity index (χ4v) is 3.75. The smallest absolute Gasteiger partial charge is 0.241 e. The van der Waals surface area contributed by atoms with E-state index in [0.29, 0.717) is 6.42 Å². The Balaban J connectivity index is 2.05. The van der Waals surface area contributed by atoms with E-state index in [2.05, 4.69) is 42.3 Å². The predicted molar refractivity (Wildman–Crippen MR) is 103 cm³/mol. The van der Waals surface area contributed by atoms with Crippen molar-refractivity contribution in [2.75, 3.05) is 25.1 Å². The molecule has 0 bridgehead atoms. The minimum absolute atomic E-state index is 0.0475. The number of anilines is 1. The molecule has 0 unspecified atom stereocenters. The lowest BCUT2D eigenvalue weighted by Gasteiger charge is -2.35. The highest BCUT2D eigenvalue weighted by atomic mass is 19.1. The maximum Gasteiger partial charge on any atom is 0.241 e. The van der Waals surface area contributed by atoms with E-state index >= 15 is 0 Å². The van der Waals surface area contributed by atoms with E-state index in [1.807, 2.05) is 0 Å². The van der Waals surface area contributed by atoms with E-state index < -0.39 is 0 Å². The number of alkyl halides is 1. The number of carbonyl (C=O) groups excluding carboxylic acids is 1. The van der Waals surface area contributed by atoms with Gasteiger partial charge in [-0.15, -0.1) is 0 Å². The molecule has 1 amide bonds. The van der Waals surface area contributed by atoms with Crippen LogP contribution in [0.5, 0.6) is 0 Å². The van der Waals surface area contributed by atoms with Crippen molar-refractivity contribution in [3.05, 3.63) is 29.3 Å². The molecule has 2 rings (SSSR count). The Morgan fingerprint density at radius 1 is 1.16 bits per heavy atom. The van der Waals surface area contributed by atoms with Crippen molar-refractivity contribution in [1.82, 2.24) is 4.90 Å². The van der Waals surface area contributed by atoms with Gasteiger partial charge in [0.05, 0.1) is 12.7 Å². The molecule has 25 heavy (non-hydrogen) atoms. The lowest BCUT2D eigenvalue weighted by molar-refractivity contribution is -0.122. The first-order valence-corrected chi connectivity index (χ1v) is 9.92. The Morgan fingerprint density at radius 3 is 2.52 bits per heavy atom. The van der Waals surface area contributed by atoms with E-state index in [-0.39, 0.29) is 18.6 Å². The molecule has 3 nitrogen and oxygen atoms in total. The molecule has 1 saturated heterocycles. The molecule has 1 atom stereocenters. The van der Waals surface area contributed by atoms with Crippen LogP contribution in [-0.4, -0.2) is 36.6 Å². The average Bonchev–Trinajstić information content (AvgIpc) is 2.65. The van der Waals surface area contributed by atoms with Gasteiger partial charge >= 0.3 is 0 Å². The van der Waals surface area contributed by atoms with Gasteiger partial charge in [-0.3, -0.25) is 14.1 Å². The van der Waals surface area contributed by atoms with Gasteiger partial charge in [-0.1, -0.05) is 38.5 Å². The molecule has 0 aromatic heterocycles. The van der Waals surface area contributed by atoms with Crippen molar-refractivity contribution in [3.63, 3.8) is 0 Å². The Kier molecular flexibility index (Phi) is 8.39. The zero-order valence-corrected chi connectivity index (χ0v) is 15.8. The van der Waals surface area contributed by atoms with Gasteiger partial charge in [0.25, 0.3) is 0 Å². The number of rotatable bonds is 9. The lowest BCUT2D eigenvalue weighted by Crippen LogP contribution is -2.47. The number of unbranched alkanes of at least 4 members (excludes halogenated alkanes) is 2. The minimum Gasteiger partial charge on any atom is -0.324 e. The summed E-state index contributed by atoms with van der Waals surface area (Å²) < 4.78 is 12.3. The number of nitrogens with zero attached hydrogens (tertiary/aromatic N) is 1. The molecule has 4 heteroatoms. The van der Waals surface area contributed by atoms with E-state index in [0.717, 1.165) is 63.7 Å². The molecule has 0 spiro atoms. The van der Waals surface area contributed by atoms with Crippen LogP contribution < -0.4 is 5.32 Å². The Hall–Kier alpha value is -1.42. The number of likely N-dealkylation sites (tertiary alicyclic amines) is 1. The van der Waals surface area contributed by atoms with Gasteiger partial charge in [0.1, 0.15) is 0 Å². The number of halogens is 1. The van der Waals surface area contributed by atoms with Crippen LogP contribution in [0.3, 0.4) is 0 Å². The highest BCUT2D eigenvalue weighted by Crippen LogP contribution is 2.25.